The molecule has 4 aromatic rings. The number of likely N-dealkylation sites (N-methyl/N-ethyl adjacent to an activating group) is 1. The van der Waals surface area contributed by atoms with Gasteiger partial charge in [0.15, 0.2) is 17.3 Å². The number of hydrogen-bond acceptors (Lipinski definition) is 7. The average Bonchev–Trinajstić information content (AvgIpc) is 3.34. The molecule has 3 heterocycles. The lowest BCUT2D eigenvalue weighted by Gasteiger charge is -2.33. The molecule has 9 nitrogen and oxygen atoms in total. The molecule has 1 aliphatic heterocycles. The number of rotatable bonds is 7. The minimum absolute atomic E-state index is 0. The SMILES string of the molecule is C=C(CN1CCCC(n2nc(-c3ccc(Oc4c(F)c(F)cc(F)c4F)cc3F)c3c(N)ncnc32)C1)C(=O)NC.[HH]. The Kier molecular flexibility index (Phi) is 7.58. The predicted molar refractivity (Wildman–Crippen MR) is 142 cm³/mol. The lowest BCUT2D eigenvalue weighted by molar-refractivity contribution is -0.117. The molecule has 1 saturated heterocycles. The Hall–Kier alpha value is -4.59. The van der Waals surface area contributed by atoms with Crippen LogP contribution in [0.25, 0.3) is 22.3 Å². The summed E-state index contributed by atoms with van der Waals surface area (Å²) in [5.74, 6) is -9.73. The molecule has 1 unspecified atom stereocenters. The van der Waals surface area contributed by atoms with Gasteiger partial charge < -0.3 is 15.8 Å². The molecule has 1 fully saturated rings. The molecule has 216 valence electrons. The quantitative estimate of drug-likeness (QED) is 0.186. The first kappa shape index (κ1) is 28.0. The maximum atomic E-state index is 15.4. The second-order valence-corrected chi connectivity index (χ2v) is 9.51. The molecular weight excluding hydrogens is 549 g/mol. The Balaban J connectivity index is 0.00000405. The second kappa shape index (κ2) is 11.1. The second-order valence-electron chi connectivity index (χ2n) is 9.51. The third-order valence-electron chi connectivity index (χ3n) is 6.79. The molecule has 3 N–H and O–H groups in total. The fourth-order valence-corrected chi connectivity index (χ4v) is 4.84. The Morgan fingerprint density at radius 2 is 1.88 bits per heavy atom. The number of nitrogens with one attached hydrogen (secondary N) is 1. The Morgan fingerprint density at radius 3 is 2.56 bits per heavy atom. The van der Waals surface area contributed by atoms with Gasteiger partial charge in [-0.2, -0.15) is 13.9 Å². The molecule has 2 aromatic carbocycles. The van der Waals surface area contributed by atoms with Gasteiger partial charge in [0.25, 0.3) is 0 Å². The van der Waals surface area contributed by atoms with E-state index >= 15 is 4.39 Å². The van der Waals surface area contributed by atoms with Gasteiger partial charge in [0.2, 0.25) is 23.3 Å². The van der Waals surface area contributed by atoms with Crippen LogP contribution in [0, 0.1) is 29.1 Å². The van der Waals surface area contributed by atoms with Crippen LogP contribution in [-0.2, 0) is 4.79 Å². The number of carbonyl (C=O) groups is 1. The van der Waals surface area contributed by atoms with Gasteiger partial charge in [-0.15, -0.1) is 0 Å². The van der Waals surface area contributed by atoms with Crippen LogP contribution in [0.2, 0.25) is 0 Å². The van der Waals surface area contributed by atoms with Gasteiger partial charge in [0.05, 0.1) is 11.4 Å². The van der Waals surface area contributed by atoms with E-state index in [-0.39, 0.29) is 41.9 Å². The van der Waals surface area contributed by atoms with E-state index in [1.54, 1.807) is 4.68 Å². The summed E-state index contributed by atoms with van der Waals surface area (Å²) < 4.78 is 77.3. The van der Waals surface area contributed by atoms with Crippen LogP contribution in [0.4, 0.5) is 27.8 Å². The van der Waals surface area contributed by atoms with Crippen molar-refractivity contribution in [3.8, 4) is 22.8 Å². The van der Waals surface area contributed by atoms with Crippen molar-refractivity contribution in [1.29, 1.82) is 0 Å². The zero-order chi connectivity index (χ0) is 29.4. The highest BCUT2D eigenvalue weighted by atomic mass is 19.2. The highest BCUT2D eigenvalue weighted by molar-refractivity contribution is 5.98. The fraction of sp³-hybridized carbons (Fsp3) is 0.259. The average molecular weight is 576 g/mol. The van der Waals surface area contributed by atoms with E-state index in [0.29, 0.717) is 24.3 Å². The van der Waals surface area contributed by atoms with Crippen molar-refractivity contribution >= 4 is 22.8 Å². The van der Waals surface area contributed by atoms with E-state index < -0.39 is 40.6 Å². The molecule has 1 atom stereocenters. The molecule has 1 amide bonds. The van der Waals surface area contributed by atoms with E-state index in [1.807, 2.05) is 0 Å². The van der Waals surface area contributed by atoms with Crippen molar-refractivity contribution in [2.24, 2.45) is 0 Å². The number of benzene rings is 2. The van der Waals surface area contributed by atoms with E-state index in [9.17, 15) is 22.4 Å². The number of amides is 1. The van der Waals surface area contributed by atoms with Crippen LogP contribution in [0.3, 0.4) is 0 Å². The summed E-state index contributed by atoms with van der Waals surface area (Å²) in [5.41, 5.74) is 7.00. The van der Waals surface area contributed by atoms with Gasteiger partial charge >= 0.3 is 0 Å². The molecule has 2 aromatic heterocycles. The number of ether oxygens (including phenoxy) is 1. The molecule has 0 spiro atoms. The lowest BCUT2D eigenvalue weighted by atomic mass is 10.0. The smallest absolute Gasteiger partial charge is 0.247 e. The number of hydrogen-bond donors (Lipinski definition) is 2. The van der Waals surface area contributed by atoms with Crippen molar-refractivity contribution in [3.05, 3.63) is 71.8 Å². The fourth-order valence-electron chi connectivity index (χ4n) is 4.84. The van der Waals surface area contributed by atoms with E-state index in [1.165, 1.54) is 19.4 Å². The maximum absolute atomic E-state index is 15.4. The number of nitrogen functional groups attached to an aromatic ring is 1. The van der Waals surface area contributed by atoms with Crippen LogP contribution in [0.15, 0.2) is 42.7 Å². The zero-order valence-electron chi connectivity index (χ0n) is 21.7. The lowest BCUT2D eigenvalue weighted by Crippen LogP contribution is -2.39. The van der Waals surface area contributed by atoms with Crippen molar-refractivity contribution in [1.82, 2.24) is 30.0 Å². The Morgan fingerprint density at radius 1 is 1.15 bits per heavy atom. The highest BCUT2D eigenvalue weighted by Gasteiger charge is 2.28. The minimum atomic E-state index is -1.76. The van der Waals surface area contributed by atoms with Gasteiger partial charge in [-0.05, 0) is 31.5 Å². The number of anilines is 1. The minimum Gasteiger partial charge on any atom is -0.451 e. The van der Waals surface area contributed by atoms with Crippen LogP contribution in [0.5, 0.6) is 11.5 Å². The summed E-state index contributed by atoms with van der Waals surface area (Å²) in [6, 6.07) is 3.03. The molecule has 41 heavy (non-hydrogen) atoms. The van der Waals surface area contributed by atoms with Gasteiger partial charge in [-0.1, -0.05) is 6.58 Å². The van der Waals surface area contributed by atoms with Crippen LogP contribution >= 0.6 is 0 Å². The normalized spacial score (nSPS) is 15.7. The maximum Gasteiger partial charge on any atom is 0.247 e. The largest absolute Gasteiger partial charge is 0.451 e. The molecule has 14 heteroatoms. The molecule has 0 aliphatic carbocycles. The zero-order valence-corrected chi connectivity index (χ0v) is 21.7. The molecule has 1 aliphatic rings. The third-order valence-corrected chi connectivity index (χ3v) is 6.79. The van der Waals surface area contributed by atoms with Crippen LogP contribution in [-0.4, -0.2) is 57.2 Å². The first-order valence-corrected chi connectivity index (χ1v) is 12.5. The monoisotopic (exact) mass is 575 g/mol. The Bertz CT molecular complexity index is 1660. The number of nitrogens with zero attached hydrogens (tertiary/aromatic N) is 5. The summed E-state index contributed by atoms with van der Waals surface area (Å²) in [4.78, 5) is 22.3. The Labute approximate surface area is 231 Å². The summed E-state index contributed by atoms with van der Waals surface area (Å²) in [6.45, 7) is 5.44. The number of halogens is 5. The van der Waals surface area contributed by atoms with E-state index in [0.717, 1.165) is 31.5 Å². The highest BCUT2D eigenvalue weighted by Crippen LogP contribution is 2.37. The molecule has 5 rings (SSSR count). The van der Waals surface area contributed by atoms with Crippen LogP contribution in [0.1, 0.15) is 20.3 Å². The van der Waals surface area contributed by atoms with Crippen molar-refractivity contribution in [2.45, 2.75) is 18.9 Å². The van der Waals surface area contributed by atoms with Crippen molar-refractivity contribution in [3.63, 3.8) is 0 Å². The summed E-state index contributed by atoms with van der Waals surface area (Å²) in [5, 5.41) is 7.48. The summed E-state index contributed by atoms with van der Waals surface area (Å²) in [7, 11) is 1.53. The van der Waals surface area contributed by atoms with Gasteiger partial charge in [-0.3, -0.25) is 9.69 Å². The number of piperidine rings is 1. The number of carbonyl (C=O) groups excluding carboxylic acids is 1. The number of fused-ring (bicyclic) bond motifs is 1. The predicted octanol–water partition coefficient (Wildman–Crippen LogP) is 4.75. The van der Waals surface area contributed by atoms with Gasteiger partial charge in [0, 0.05) is 44.8 Å². The van der Waals surface area contributed by atoms with Crippen molar-refractivity contribution in [2.75, 3.05) is 32.4 Å². The third kappa shape index (κ3) is 5.29. The topological polar surface area (TPSA) is 111 Å². The number of aromatic nitrogens is 4. The molecule has 0 bridgehead atoms. The standard InChI is InChI=1S/C27H24F5N7O2.H2/c1-13(27(40)34-2)10-38-7-3-4-14(11-38)39-26-20(25(33)35-12-36-26)23(37-39)16-6-5-15(8-17(16)28)41-24-21(31)18(29)9-19(30)22(24)32;/h5-6,8-9,12,14H,1,3-4,7,10-11H2,2H3,(H,34,40)(H2,33,35,36);1H. The molecular formula is C27H26F5N7O2. The van der Waals surface area contributed by atoms with E-state index in [2.05, 4.69) is 31.9 Å². The van der Waals surface area contributed by atoms with Crippen LogP contribution < -0.4 is 15.8 Å². The van der Waals surface area contributed by atoms with Gasteiger partial charge in [0.1, 0.15) is 29.4 Å². The summed E-state index contributed by atoms with van der Waals surface area (Å²) in [6.07, 6.45) is 2.78. The van der Waals surface area contributed by atoms with Gasteiger partial charge in [-0.25, -0.2) is 27.8 Å². The molecule has 0 radical (unpaired) electrons. The van der Waals surface area contributed by atoms with Crippen molar-refractivity contribution < 1.29 is 32.9 Å². The number of likely N-dealkylation sites (tertiary alicyclic amines) is 1. The summed E-state index contributed by atoms with van der Waals surface area (Å²) >= 11 is 0. The first-order valence-electron chi connectivity index (χ1n) is 12.5. The first-order chi connectivity index (χ1) is 19.6. The number of nitrogens with two attached hydrogens (primary N) is 1. The van der Waals surface area contributed by atoms with E-state index in [4.69, 9.17) is 10.5 Å². The molecule has 0 saturated carbocycles.